The lowest BCUT2D eigenvalue weighted by atomic mass is 9.90. The number of pyridine rings is 5. The summed E-state index contributed by atoms with van der Waals surface area (Å²) in [6.45, 7) is 6.62. The number of hydrogen-bond donors (Lipinski definition) is 3. The number of nitrogens with zero attached hydrogens (tertiary/aromatic N) is 13. The van der Waals surface area contributed by atoms with E-state index in [1.807, 2.05) is 48.5 Å². The molecule has 8 aromatic heterocycles. The van der Waals surface area contributed by atoms with Crippen LogP contribution in [0.15, 0.2) is 154 Å². The Labute approximate surface area is 549 Å². The SMILES string of the molecule is C.C.C.C.CN1CCC(Oc2ccc(-c3ccc(=O)[nH]n3)cn2)CC1.O=C1CCC(c2ccc(Cl)nc2)=NN1.O=c1ccc(-c2ccc(OC3CCN(C4CCC4)CC3)nc2)n[nH]1.O=c1ccc(-c2ccc(OC3CCN(C4CCC4)CC3)nc2)nn1-c1ccccn1. The summed E-state index contributed by atoms with van der Waals surface area (Å²) in [7, 11) is 2.13. The molecule has 0 aromatic carbocycles. The van der Waals surface area contributed by atoms with Gasteiger partial charge in [0.25, 0.3) is 16.7 Å². The molecule has 2 saturated carbocycles. The van der Waals surface area contributed by atoms with Crippen molar-refractivity contribution >= 4 is 23.2 Å². The molecule has 3 N–H and O–H groups in total. The molecular formula is C69H89ClN16O7. The molecule has 3 saturated heterocycles. The van der Waals surface area contributed by atoms with Crippen molar-refractivity contribution in [2.75, 3.05) is 46.3 Å². The van der Waals surface area contributed by atoms with Crippen LogP contribution in [-0.2, 0) is 4.79 Å². The monoisotopic (exact) mass is 1290 g/mol. The summed E-state index contributed by atoms with van der Waals surface area (Å²) < 4.78 is 19.3. The summed E-state index contributed by atoms with van der Waals surface area (Å²) in [5.74, 6) is 2.38. The standard InChI is InChI=1S/C23H25N5O2.C18H22N4O2.C15H18N4O2.C9H8ClN3O.4CH4/c29-23-10-8-20(26-28(23)21-6-1-2-13-24-21)17-7-9-22(25-16-17)30-19-11-14-27(15-12-19)18-4-3-5-18;23-17-6-5-16(20-21-17)13-4-7-18(19-12-13)24-15-8-10-22(11-9-15)14-2-1-3-14;1-19-8-6-12(7-9-19)21-15-5-2-11(10-16-15)13-3-4-14(20)18-17-13;10-8-3-1-6(5-11-8)7-2-4-9(14)13-12-7;;;;/h1-2,6-10,13,16,18-19H,3-5,11-12,14-15H2;4-7,12,14-15H,1-3,8-11H2,(H,21,23);2-5,10,12H,6-9H2,1H3,(H,18,20);1,3,5H,2,4H2,(H,13,14);4*1H4. The highest BCUT2D eigenvalue weighted by molar-refractivity contribution is 6.29. The van der Waals surface area contributed by atoms with Crippen LogP contribution in [0.3, 0.4) is 0 Å². The zero-order valence-corrected chi connectivity index (χ0v) is 50.5. The van der Waals surface area contributed by atoms with Crippen molar-refractivity contribution in [3.05, 3.63) is 176 Å². The quantitative estimate of drug-likeness (QED) is 0.0905. The Morgan fingerprint density at radius 2 is 0.935 bits per heavy atom. The number of H-pyrrole nitrogens is 2. The van der Waals surface area contributed by atoms with Crippen LogP contribution in [0.2, 0.25) is 5.15 Å². The van der Waals surface area contributed by atoms with Crippen molar-refractivity contribution < 1.29 is 19.0 Å². The lowest BCUT2D eigenvalue weighted by Gasteiger charge is -2.41. The van der Waals surface area contributed by atoms with Gasteiger partial charge in [-0.25, -0.2) is 40.5 Å². The van der Waals surface area contributed by atoms with Crippen LogP contribution in [0.4, 0.5) is 0 Å². The minimum atomic E-state index is -0.224. The molecular weight excluding hydrogens is 1200 g/mol. The molecule has 0 bridgehead atoms. The van der Waals surface area contributed by atoms with Crippen molar-refractivity contribution in [2.24, 2.45) is 5.10 Å². The van der Waals surface area contributed by atoms with Gasteiger partial charge in [0.2, 0.25) is 23.5 Å². The van der Waals surface area contributed by atoms with Gasteiger partial charge in [-0.2, -0.15) is 25.1 Å². The van der Waals surface area contributed by atoms with Gasteiger partial charge in [-0.15, -0.1) is 0 Å². The second-order valence-corrected chi connectivity index (χ2v) is 23.3. The number of ether oxygens (including phenoxy) is 3. The van der Waals surface area contributed by atoms with Crippen LogP contribution in [0, 0.1) is 0 Å². The molecule has 24 heteroatoms. The van der Waals surface area contributed by atoms with Gasteiger partial charge in [-0.05, 0) is 132 Å². The highest BCUT2D eigenvalue weighted by Gasteiger charge is 2.31. The van der Waals surface area contributed by atoms with Crippen LogP contribution in [-0.4, -0.2) is 158 Å². The Morgan fingerprint density at radius 1 is 0.473 bits per heavy atom. The molecule has 6 aliphatic rings. The van der Waals surface area contributed by atoms with Crippen LogP contribution in [0.1, 0.15) is 125 Å². The first-order valence-corrected chi connectivity index (χ1v) is 31.0. The maximum Gasteiger partial charge on any atom is 0.272 e. The van der Waals surface area contributed by atoms with Crippen LogP contribution >= 0.6 is 11.6 Å². The average Bonchev–Trinajstić information content (AvgIpc) is 1.06. The molecule has 12 heterocycles. The first kappa shape index (κ1) is 71.5. The predicted octanol–water partition coefficient (Wildman–Crippen LogP) is 10.5. The topological polar surface area (TPSA) is 270 Å². The van der Waals surface area contributed by atoms with Crippen molar-refractivity contribution in [3.63, 3.8) is 0 Å². The molecule has 23 nitrogen and oxygen atoms in total. The van der Waals surface area contributed by atoms with E-state index in [0.29, 0.717) is 58.5 Å². The fourth-order valence-electron chi connectivity index (χ4n) is 11.1. The number of hydrogen-bond acceptors (Lipinski definition) is 19. The Bertz CT molecular complexity index is 3730. The third-order valence-corrected chi connectivity index (χ3v) is 17.0. The highest BCUT2D eigenvalue weighted by Crippen LogP contribution is 2.31. The molecule has 0 spiro atoms. The van der Waals surface area contributed by atoms with E-state index >= 15 is 0 Å². The lowest BCUT2D eigenvalue weighted by Crippen LogP contribution is -2.46. The van der Waals surface area contributed by atoms with Gasteiger partial charge in [-0.3, -0.25) is 19.2 Å². The maximum absolute atomic E-state index is 12.2. The lowest BCUT2D eigenvalue weighted by molar-refractivity contribution is -0.121. The summed E-state index contributed by atoms with van der Waals surface area (Å²) in [5, 5.41) is 21.7. The molecule has 5 fully saturated rings. The van der Waals surface area contributed by atoms with E-state index in [1.165, 1.54) is 61.4 Å². The fourth-order valence-corrected chi connectivity index (χ4v) is 11.2. The summed E-state index contributed by atoms with van der Waals surface area (Å²) >= 11 is 5.65. The summed E-state index contributed by atoms with van der Waals surface area (Å²) in [6.07, 6.45) is 24.9. The van der Waals surface area contributed by atoms with Crippen LogP contribution in [0.25, 0.3) is 39.6 Å². The molecule has 0 radical (unpaired) electrons. The van der Waals surface area contributed by atoms with Crippen LogP contribution < -0.4 is 36.3 Å². The number of amides is 1. The van der Waals surface area contributed by atoms with E-state index in [2.05, 4.69) is 82.7 Å². The van der Waals surface area contributed by atoms with E-state index in [9.17, 15) is 19.2 Å². The zero-order valence-electron chi connectivity index (χ0n) is 49.8. The van der Waals surface area contributed by atoms with Crippen molar-refractivity contribution in [1.82, 2.24) is 75.2 Å². The number of aromatic amines is 2. The molecule has 14 rings (SSSR count). The average molecular weight is 1290 g/mol. The van der Waals surface area contributed by atoms with Gasteiger partial charge < -0.3 is 28.9 Å². The van der Waals surface area contributed by atoms with E-state index in [-0.39, 0.29) is 70.6 Å². The third kappa shape index (κ3) is 20.3. The third-order valence-electron chi connectivity index (χ3n) is 16.7. The molecule has 4 aliphatic heterocycles. The molecule has 93 heavy (non-hydrogen) atoms. The number of likely N-dealkylation sites (tertiary alicyclic amines) is 3. The van der Waals surface area contributed by atoms with E-state index in [4.69, 9.17) is 25.8 Å². The molecule has 1 amide bonds. The van der Waals surface area contributed by atoms with Gasteiger partial charge in [0, 0.05) is 154 Å². The van der Waals surface area contributed by atoms with E-state index in [1.54, 1.807) is 67.4 Å². The zero-order chi connectivity index (χ0) is 61.3. The molecule has 0 atom stereocenters. The molecule has 8 aromatic rings. The number of carbonyl (C=O) groups is 1. The second-order valence-electron chi connectivity index (χ2n) is 22.9. The second kappa shape index (κ2) is 35.2. The van der Waals surface area contributed by atoms with Crippen LogP contribution in [0.5, 0.6) is 17.6 Å². The smallest absolute Gasteiger partial charge is 0.272 e. The Morgan fingerprint density at radius 3 is 1.32 bits per heavy atom. The van der Waals surface area contributed by atoms with Crippen molar-refractivity contribution in [1.29, 1.82) is 0 Å². The molecule has 2 aliphatic carbocycles. The number of hydrazone groups is 1. The minimum Gasteiger partial charge on any atom is -0.474 e. The number of aromatic nitrogens is 11. The van der Waals surface area contributed by atoms with Crippen molar-refractivity contribution in [3.8, 4) is 57.2 Å². The van der Waals surface area contributed by atoms with Crippen molar-refractivity contribution in [2.45, 2.75) is 150 Å². The summed E-state index contributed by atoms with van der Waals surface area (Å²) in [4.78, 5) is 74.0. The Hall–Kier alpha value is -8.90. The van der Waals surface area contributed by atoms with E-state index < -0.39 is 0 Å². The maximum atomic E-state index is 12.2. The van der Waals surface area contributed by atoms with Gasteiger partial charge in [0.05, 0.1) is 22.8 Å². The van der Waals surface area contributed by atoms with Gasteiger partial charge in [0.15, 0.2) is 5.82 Å². The summed E-state index contributed by atoms with van der Waals surface area (Å²) in [6, 6.07) is 31.4. The Balaban J connectivity index is 0.000000178. The highest BCUT2D eigenvalue weighted by atomic mass is 35.5. The predicted molar refractivity (Wildman–Crippen MR) is 364 cm³/mol. The first-order chi connectivity index (χ1) is 43.5. The van der Waals surface area contributed by atoms with Gasteiger partial charge in [-0.1, -0.05) is 60.2 Å². The number of rotatable bonds is 13. The number of piperidine rings is 3. The fraction of sp³-hybridized carbons (Fsp3) is 0.435. The van der Waals surface area contributed by atoms with E-state index in [0.717, 1.165) is 118 Å². The number of nitrogens with one attached hydrogen (secondary N) is 3. The molecule has 494 valence electrons. The Kier molecular flexibility index (Phi) is 27.1. The first-order valence-electron chi connectivity index (χ1n) is 30.7. The summed E-state index contributed by atoms with van der Waals surface area (Å²) in [5.41, 5.74) is 8.11. The minimum absolute atomic E-state index is 0. The van der Waals surface area contributed by atoms with Gasteiger partial charge in [0.1, 0.15) is 23.5 Å². The number of halogens is 1. The van der Waals surface area contributed by atoms with Gasteiger partial charge >= 0.3 is 0 Å². The normalized spacial score (nSPS) is 17.2. The number of carbonyl (C=O) groups excluding carboxylic acids is 1. The largest absolute Gasteiger partial charge is 0.474 e. The molecule has 0 unspecified atom stereocenters.